The van der Waals surface area contributed by atoms with Crippen LogP contribution in [0.25, 0.3) is 21.8 Å². The molecule has 0 atom stereocenters. The highest BCUT2D eigenvalue weighted by atomic mass is 16.2. The lowest BCUT2D eigenvalue weighted by atomic mass is 9.89. The molecular formula is C24H27N3O3. The first-order valence-electron chi connectivity index (χ1n) is 10.7. The SMILES string of the molecule is O=C(Cn1c2ccccc2c(=O)c2ccccc21)NCCNC(=O)C1CCCCC1. The Bertz CT molecular complexity index is 1070. The predicted octanol–water partition coefficient (Wildman–Crippen LogP) is 2.97. The number of nitrogens with zero attached hydrogens (tertiary/aromatic N) is 1. The third-order valence-corrected chi connectivity index (χ3v) is 5.90. The molecule has 0 spiro atoms. The van der Waals surface area contributed by atoms with Crippen LogP contribution in [0.1, 0.15) is 32.1 Å². The number of fused-ring (bicyclic) bond motifs is 2. The second-order valence-corrected chi connectivity index (χ2v) is 7.93. The highest BCUT2D eigenvalue weighted by Crippen LogP contribution is 2.23. The van der Waals surface area contributed by atoms with Gasteiger partial charge in [0.2, 0.25) is 11.8 Å². The molecule has 0 unspecified atom stereocenters. The largest absolute Gasteiger partial charge is 0.354 e. The van der Waals surface area contributed by atoms with E-state index in [2.05, 4.69) is 10.6 Å². The van der Waals surface area contributed by atoms with Crippen molar-refractivity contribution < 1.29 is 9.59 Å². The van der Waals surface area contributed by atoms with E-state index in [0.717, 1.165) is 36.7 Å². The van der Waals surface area contributed by atoms with Crippen LogP contribution in [0.4, 0.5) is 0 Å². The van der Waals surface area contributed by atoms with Crippen molar-refractivity contribution in [3.8, 4) is 0 Å². The van der Waals surface area contributed by atoms with Crippen molar-refractivity contribution in [3.05, 3.63) is 58.8 Å². The van der Waals surface area contributed by atoms with E-state index in [1.54, 1.807) is 12.1 Å². The number of carbonyl (C=O) groups is 2. The normalized spacial score (nSPS) is 14.7. The summed E-state index contributed by atoms with van der Waals surface area (Å²) in [6.07, 6.45) is 5.38. The van der Waals surface area contributed by atoms with E-state index in [9.17, 15) is 14.4 Å². The quantitative estimate of drug-likeness (QED) is 0.489. The molecule has 3 aromatic rings. The molecule has 0 radical (unpaired) electrons. The number of nitrogens with one attached hydrogen (secondary N) is 2. The van der Waals surface area contributed by atoms with E-state index in [1.165, 1.54) is 6.42 Å². The Labute approximate surface area is 175 Å². The van der Waals surface area contributed by atoms with Gasteiger partial charge in [-0.3, -0.25) is 14.4 Å². The molecule has 2 aromatic carbocycles. The van der Waals surface area contributed by atoms with Crippen molar-refractivity contribution >= 4 is 33.6 Å². The van der Waals surface area contributed by atoms with Crippen LogP contribution in [0.2, 0.25) is 0 Å². The summed E-state index contributed by atoms with van der Waals surface area (Å²) in [7, 11) is 0. The summed E-state index contributed by atoms with van der Waals surface area (Å²) in [4.78, 5) is 37.6. The van der Waals surface area contributed by atoms with Gasteiger partial charge in [-0.1, -0.05) is 43.5 Å². The Morgan fingerprint density at radius 3 is 2.03 bits per heavy atom. The van der Waals surface area contributed by atoms with E-state index in [0.29, 0.717) is 23.9 Å². The molecule has 30 heavy (non-hydrogen) atoms. The Morgan fingerprint density at radius 2 is 1.40 bits per heavy atom. The number of amides is 2. The Hall–Kier alpha value is -3.15. The molecule has 6 nitrogen and oxygen atoms in total. The first-order valence-corrected chi connectivity index (χ1v) is 10.7. The second kappa shape index (κ2) is 9.11. The first kappa shape index (κ1) is 20.1. The molecule has 6 heteroatoms. The van der Waals surface area contributed by atoms with Crippen LogP contribution in [0.3, 0.4) is 0 Å². The highest BCUT2D eigenvalue weighted by molar-refractivity contribution is 5.94. The van der Waals surface area contributed by atoms with Gasteiger partial charge in [-0.2, -0.15) is 0 Å². The predicted molar refractivity (Wildman–Crippen MR) is 118 cm³/mol. The molecule has 1 aliphatic carbocycles. The Morgan fingerprint density at radius 1 is 0.833 bits per heavy atom. The first-order chi connectivity index (χ1) is 14.6. The minimum absolute atomic E-state index is 0.0247. The maximum atomic E-state index is 12.8. The Kier molecular flexibility index (Phi) is 6.12. The molecule has 156 valence electrons. The molecule has 1 aromatic heterocycles. The molecule has 0 aliphatic heterocycles. The molecule has 0 bridgehead atoms. The van der Waals surface area contributed by atoms with Crippen molar-refractivity contribution in [2.75, 3.05) is 13.1 Å². The number of aromatic nitrogens is 1. The van der Waals surface area contributed by atoms with Gasteiger partial charge in [0.25, 0.3) is 0 Å². The van der Waals surface area contributed by atoms with Gasteiger partial charge in [0.15, 0.2) is 5.43 Å². The summed E-state index contributed by atoms with van der Waals surface area (Å²) >= 11 is 0. The monoisotopic (exact) mass is 405 g/mol. The fraction of sp³-hybridized carbons (Fsp3) is 0.375. The molecule has 1 fully saturated rings. The smallest absolute Gasteiger partial charge is 0.240 e. The zero-order valence-corrected chi connectivity index (χ0v) is 17.0. The molecule has 4 rings (SSSR count). The van der Waals surface area contributed by atoms with Crippen LogP contribution >= 0.6 is 0 Å². The van der Waals surface area contributed by atoms with Crippen LogP contribution in [0.15, 0.2) is 53.3 Å². The van der Waals surface area contributed by atoms with E-state index in [-0.39, 0.29) is 29.7 Å². The molecule has 2 amide bonds. The number of rotatable bonds is 6. The number of pyridine rings is 1. The minimum Gasteiger partial charge on any atom is -0.354 e. The van der Waals surface area contributed by atoms with Crippen molar-refractivity contribution in [2.45, 2.75) is 38.6 Å². The average Bonchev–Trinajstić information content (AvgIpc) is 2.80. The lowest BCUT2D eigenvalue weighted by Crippen LogP contribution is -2.39. The van der Waals surface area contributed by atoms with Crippen molar-refractivity contribution in [1.29, 1.82) is 0 Å². The van der Waals surface area contributed by atoms with Gasteiger partial charge in [-0.05, 0) is 37.1 Å². The molecule has 0 saturated heterocycles. The van der Waals surface area contributed by atoms with Gasteiger partial charge in [0.1, 0.15) is 6.54 Å². The van der Waals surface area contributed by atoms with Gasteiger partial charge in [-0.15, -0.1) is 0 Å². The number of carbonyl (C=O) groups excluding carboxylic acids is 2. The van der Waals surface area contributed by atoms with Crippen molar-refractivity contribution in [2.24, 2.45) is 5.92 Å². The van der Waals surface area contributed by atoms with Crippen LogP contribution in [-0.2, 0) is 16.1 Å². The van der Waals surface area contributed by atoms with Gasteiger partial charge in [-0.25, -0.2) is 0 Å². The zero-order valence-electron chi connectivity index (χ0n) is 17.0. The number of para-hydroxylation sites is 2. The summed E-state index contributed by atoms with van der Waals surface area (Å²) in [6.45, 7) is 0.915. The van der Waals surface area contributed by atoms with Gasteiger partial charge in [0.05, 0.1) is 11.0 Å². The van der Waals surface area contributed by atoms with Crippen molar-refractivity contribution in [1.82, 2.24) is 15.2 Å². The number of benzene rings is 2. The third kappa shape index (κ3) is 4.22. The zero-order chi connectivity index (χ0) is 20.9. The van der Waals surface area contributed by atoms with Gasteiger partial charge < -0.3 is 15.2 Å². The van der Waals surface area contributed by atoms with Crippen LogP contribution in [0.5, 0.6) is 0 Å². The fourth-order valence-corrected chi connectivity index (χ4v) is 4.34. The molecule has 1 saturated carbocycles. The summed E-state index contributed by atoms with van der Waals surface area (Å²) in [5, 5.41) is 7.02. The van der Waals surface area contributed by atoms with Gasteiger partial charge in [0, 0.05) is 29.8 Å². The summed E-state index contributed by atoms with van der Waals surface area (Å²) in [5.74, 6) is 0.0653. The van der Waals surface area contributed by atoms with Crippen LogP contribution < -0.4 is 16.1 Å². The summed E-state index contributed by atoms with van der Waals surface area (Å²) in [6, 6.07) is 14.7. The van der Waals surface area contributed by atoms with E-state index < -0.39 is 0 Å². The lowest BCUT2D eigenvalue weighted by molar-refractivity contribution is -0.126. The Balaban J connectivity index is 1.42. The number of hydrogen-bond acceptors (Lipinski definition) is 3. The summed E-state index contributed by atoms with van der Waals surface area (Å²) in [5.41, 5.74) is 1.45. The van der Waals surface area contributed by atoms with Crippen LogP contribution in [-0.4, -0.2) is 29.5 Å². The maximum absolute atomic E-state index is 12.8. The fourth-order valence-electron chi connectivity index (χ4n) is 4.34. The molecule has 1 heterocycles. The topological polar surface area (TPSA) is 80.2 Å². The number of hydrogen-bond donors (Lipinski definition) is 2. The molecule has 2 N–H and O–H groups in total. The van der Waals surface area contributed by atoms with Gasteiger partial charge >= 0.3 is 0 Å². The highest BCUT2D eigenvalue weighted by Gasteiger charge is 2.20. The maximum Gasteiger partial charge on any atom is 0.240 e. The van der Waals surface area contributed by atoms with E-state index in [1.807, 2.05) is 41.0 Å². The standard InChI is InChI=1S/C24H27N3O3/c28-22(25-14-15-26-24(30)17-8-2-1-3-9-17)16-27-20-12-6-4-10-18(20)23(29)19-11-5-7-13-21(19)27/h4-7,10-13,17H,1-3,8-9,14-16H2,(H,25,28)(H,26,30). The second-order valence-electron chi connectivity index (χ2n) is 7.93. The van der Waals surface area contributed by atoms with E-state index >= 15 is 0 Å². The van der Waals surface area contributed by atoms with Crippen LogP contribution in [0, 0.1) is 5.92 Å². The van der Waals surface area contributed by atoms with Crippen molar-refractivity contribution in [3.63, 3.8) is 0 Å². The third-order valence-electron chi connectivity index (χ3n) is 5.90. The summed E-state index contributed by atoms with van der Waals surface area (Å²) < 4.78 is 1.88. The molecule has 1 aliphatic rings. The lowest BCUT2D eigenvalue weighted by Gasteiger charge is -2.20. The molecular weight excluding hydrogens is 378 g/mol. The average molecular weight is 405 g/mol. The minimum atomic E-state index is -0.152. The van der Waals surface area contributed by atoms with E-state index in [4.69, 9.17) is 0 Å².